The SMILES string of the molecule is CC(C)C(O)CCc1cccc(CCCN)c1. The topological polar surface area (TPSA) is 46.2 Å². The van der Waals surface area contributed by atoms with E-state index < -0.39 is 0 Å². The van der Waals surface area contributed by atoms with Crippen LogP contribution in [0.15, 0.2) is 24.3 Å². The maximum absolute atomic E-state index is 9.78. The fourth-order valence-electron chi connectivity index (χ4n) is 1.89. The second-order valence-electron chi connectivity index (χ2n) is 5.06. The van der Waals surface area contributed by atoms with E-state index in [0.717, 1.165) is 32.2 Å². The van der Waals surface area contributed by atoms with Crippen LogP contribution in [0.2, 0.25) is 0 Å². The van der Waals surface area contributed by atoms with Gasteiger partial charge in [0.15, 0.2) is 0 Å². The Labute approximate surface area is 105 Å². The van der Waals surface area contributed by atoms with Gasteiger partial charge >= 0.3 is 0 Å². The number of hydrogen-bond donors (Lipinski definition) is 2. The molecule has 0 aliphatic rings. The second kappa shape index (κ2) is 7.46. The minimum Gasteiger partial charge on any atom is -0.393 e. The van der Waals surface area contributed by atoms with E-state index in [2.05, 4.69) is 38.1 Å². The summed E-state index contributed by atoms with van der Waals surface area (Å²) in [6, 6.07) is 8.63. The van der Waals surface area contributed by atoms with Crippen LogP contribution in [0, 0.1) is 5.92 Å². The van der Waals surface area contributed by atoms with E-state index in [-0.39, 0.29) is 6.10 Å². The van der Waals surface area contributed by atoms with E-state index in [9.17, 15) is 5.11 Å². The van der Waals surface area contributed by atoms with Crippen LogP contribution in [0.5, 0.6) is 0 Å². The molecule has 0 saturated carbocycles. The highest BCUT2D eigenvalue weighted by molar-refractivity contribution is 5.23. The van der Waals surface area contributed by atoms with Crippen LogP contribution in [-0.2, 0) is 12.8 Å². The standard InChI is InChI=1S/C15H25NO/c1-12(2)15(17)9-8-14-6-3-5-13(11-14)7-4-10-16/h3,5-6,11-12,15,17H,4,7-10,16H2,1-2H3. The van der Waals surface area contributed by atoms with E-state index in [1.54, 1.807) is 0 Å². The summed E-state index contributed by atoms with van der Waals surface area (Å²) in [6.07, 6.45) is 3.70. The Balaban J connectivity index is 2.48. The van der Waals surface area contributed by atoms with Crippen molar-refractivity contribution >= 4 is 0 Å². The molecule has 0 radical (unpaired) electrons. The van der Waals surface area contributed by atoms with Gasteiger partial charge in [-0.05, 0) is 49.3 Å². The van der Waals surface area contributed by atoms with Crippen molar-refractivity contribution in [3.63, 3.8) is 0 Å². The Morgan fingerprint density at radius 3 is 2.41 bits per heavy atom. The van der Waals surface area contributed by atoms with Crippen LogP contribution in [-0.4, -0.2) is 17.8 Å². The normalized spacial score (nSPS) is 13.0. The van der Waals surface area contributed by atoms with Crippen molar-refractivity contribution in [1.82, 2.24) is 0 Å². The summed E-state index contributed by atoms with van der Waals surface area (Å²) in [4.78, 5) is 0. The number of hydrogen-bond acceptors (Lipinski definition) is 2. The molecule has 0 saturated heterocycles. The number of aliphatic hydroxyl groups is 1. The fourth-order valence-corrected chi connectivity index (χ4v) is 1.89. The van der Waals surface area contributed by atoms with Crippen LogP contribution < -0.4 is 5.73 Å². The van der Waals surface area contributed by atoms with Gasteiger partial charge in [-0.25, -0.2) is 0 Å². The first-order valence-electron chi connectivity index (χ1n) is 6.59. The lowest BCUT2D eigenvalue weighted by Gasteiger charge is -2.14. The third kappa shape index (κ3) is 5.33. The summed E-state index contributed by atoms with van der Waals surface area (Å²) in [6.45, 7) is 4.86. The first kappa shape index (κ1) is 14.2. The summed E-state index contributed by atoms with van der Waals surface area (Å²) in [7, 11) is 0. The molecule has 17 heavy (non-hydrogen) atoms. The molecule has 0 fully saturated rings. The third-order valence-electron chi connectivity index (χ3n) is 3.16. The summed E-state index contributed by atoms with van der Waals surface area (Å²) in [5, 5.41) is 9.78. The lowest BCUT2D eigenvalue weighted by molar-refractivity contribution is 0.116. The van der Waals surface area contributed by atoms with E-state index in [1.807, 2.05) is 0 Å². The monoisotopic (exact) mass is 235 g/mol. The van der Waals surface area contributed by atoms with Crippen molar-refractivity contribution in [2.45, 2.75) is 45.6 Å². The van der Waals surface area contributed by atoms with Crippen LogP contribution >= 0.6 is 0 Å². The predicted molar refractivity (Wildman–Crippen MR) is 73.0 cm³/mol. The van der Waals surface area contributed by atoms with Crippen molar-refractivity contribution in [3.05, 3.63) is 35.4 Å². The molecule has 0 spiro atoms. The molecule has 2 heteroatoms. The molecule has 0 aliphatic heterocycles. The first-order valence-corrected chi connectivity index (χ1v) is 6.59. The summed E-state index contributed by atoms with van der Waals surface area (Å²) in [5.41, 5.74) is 8.19. The Hall–Kier alpha value is -0.860. The molecule has 0 bridgehead atoms. The van der Waals surface area contributed by atoms with E-state index in [0.29, 0.717) is 5.92 Å². The van der Waals surface area contributed by atoms with Crippen molar-refractivity contribution in [2.75, 3.05) is 6.54 Å². The van der Waals surface area contributed by atoms with Gasteiger partial charge in [-0.15, -0.1) is 0 Å². The number of aryl methyl sites for hydroxylation is 2. The Morgan fingerprint density at radius 2 is 1.82 bits per heavy atom. The average molecular weight is 235 g/mol. The molecule has 1 unspecified atom stereocenters. The van der Waals surface area contributed by atoms with Gasteiger partial charge in [-0.2, -0.15) is 0 Å². The Bertz CT molecular complexity index is 322. The van der Waals surface area contributed by atoms with Gasteiger partial charge in [-0.1, -0.05) is 38.1 Å². The van der Waals surface area contributed by atoms with Gasteiger partial charge in [0.25, 0.3) is 0 Å². The molecule has 1 aromatic carbocycles. The molecule has 3 N–H and O–H groups in total. The molecular formula is C15H25NO. The number of aliphatic hydroxyl groups excluding tert-OH is 1. The lowest BCUT2D eigenvalue weighted by Crippen LogP contribution is -2.15. The largest absolute Gasteiger partial charge is 0.393 e. The van der Waals surface area contributed by atoms with Gasteiger partial charge < -0.3 is 10.8 Å². The number of benzene rings is 1. The van der Waals surface area contributed by atoms with E-state index in [4.69, 9.17) is 5.73 Å². The van der Waals surface area contributed by atoms with Gasteiger partial charge in [0.2, 0.25) is 0 Å². The molecule has 0 aromatic heterocycles. The highest BCUT2D eigenvalue weighted by Crippen LogP contribution is 2.13. The molecule has 0 aliphatic carbocycles. The molecule has 1 atom stereocenters. The summed E-state index contributed by atoms with van der Waals surface area (Å²) in [5.74, 6) is 0.343. The van der Waals surface area contributed by atoms with Gasteiger partial charge in [0.05, 0.1) is 6.10 Å². The maximum atomic E-state index is 9.78. The predicted octanol–water partition coefficient (Wildman–Crippen LogP) is 2.53. The van der Waals surface area contributed by atoms with Crippen molar-refractivity contribution in [2.24, 2.45) is 11.7 Å². The van der Waals surface area contributed by atoms with Gasteiger partial charge in [0, 0.05) is 0 Å². The zero-order chi connectivity index (χ0) is 12.7. The molecule has 1 rings (SSSR count). The second-order valence-corrected chi connectivity index (χ2v) is 5.06. The van der Waals surface area contributed by atoms with Crippen LogP contribution in [0.1, 0.15) is 37.8 Å². The summed E-state index contributed by atoms with van der Waals surface area (Å²) >= 11 is 0. The van der Waals surface area contributed by atoms with Gasteiger partial charge in [0.1, 0.15) is 0 Å². The molecule has 2 nitrogen and oxygen atoms in total. The Morgan fingerprint density at radius 1 is 1.18 bits per heavy atom. The van der Waals surface area contributed by atoms with Crippen LogP contribution in [0.25, 0.3) is 0 Å². The van der Waals surface area contributed by atoms with Crippen LogP contribution in [0.4, 0.5) is 0 Å². The minimum absolute atomic E-state index is 0.192. The number of rotatable bonds is 7. The van der Waals surface area contributed by atoms with Crippen LogP contribution in [0.3, 0.4) is 0 Å². The lowest BCUT2D eigenvalue weighted by atomic mass is 9.98. The molecule has 0 amide bonds. The molecule has 0 heterocycles. The van der Waals surface area contributed by atoms with Crippen molar-refractivity contribution in [1.29, 1.82) is 0 Å². The molecular weight excluding hydrogens is 210 g/mol. The molecule has 96 valence electrons. The zero-order valence-corrected chi connectivity index (χ0v) is 11.0. The minimum atomic E-state index is -0.192. The van der Waals surface area contributed by atoms with Gasteiger partial charge in [-0.3, -0.25) is 0 Å². The summed E-state index contributed by atoms with van der Waals surface area (Å²) < 4.78 is 0. The first-order chi connectivity index (χ1) is 8.13. The fraction of sp³-hybridized carbons (Fsp3) is 0.600. The highest BCUT2D eigenvalue weighted by atomic mass is 16.3. The maximum Gasteiger partial charge on any atom is 0.0566 e. The number of nitrogens with two attached hydrogens (primary N) is 1. The smallest absolute Gasteiger partial charge is 0.0566 e. The van der Waals surface area contributed by atoms with E-state index in [1.165, 1.54) is 11.1 Å². The highest BCUT2D eigenvalue weighted by Gasteiger charge is 2.08. The van der Waals surface area contributed by atoms with Crippen molar-refractivity contribution in [3.8, 4) is 0 Å². The Kier molecular flexibility index (Phi) is 6.23. The quantitative estimate of drug-likeness (QED) is 0.763. The van der Waals surface area contributed by atoms with Crippen molar-refractivity contribution < 1.29 is 5.11 Å². The molecule has 1 aromatic rings. The van der Waals surface area contributed by atoms with E-state index >= 15 is 0 Å². The zero-order valence-electron chi connectivity index (χ0n) is 11.0. The third-order valence-corrected chi connectivity index (χ3v) is 3.16. The average Bonchev–Trinajstić information content (AvgIpc) is 2.33.